The molecule has 16 atom stereocenters. The van der Waals surface area contributed by atoms with Crippen molar-refractivity contribution in [2.24, 2.45) is 90.8 Å². The summed E-state index contributed by atoms with van der Waals surface area (Å²) in [5, 5.41) is 24.2. The number of nitriles is 2. The fourth-order valence-electron chi connectivity index (χ4n) is 8.96. The van der Waals surface area contributed by atoms with Crippen molar-refractivity contribution in [1.82, 2.24) is 4.67 Å². The Hall–Kier alpha value is -0.0312. The standard InChI is InChI=1S/2C16H34.C14H26N3O4P.C9H15N2O6P.CH4O.2V/c2*1-10(2)12(5)14(7)16(9)15(8)13(6)11(3)4;1-11(2)17(12(3)4)22(20-8-5-7-15)21-13-6-9-18-14(13)10-19-16;1-13-18(12,16-5-2-4-10)17-8-3-6-14-9(8)7-15-11;1-2;;/h2*10-16H,1-9H3;11-14H,5-6,8-10H2,1-4H3;8-9H,2-3,5-7H2,1H3;2H,1H3;;/i;;9T;6T;;;. The van der Waals surface area contributed by atoms with Crippen LogP contribution in [0.3, 0.4) is 0 Å². The normalized spacial score (nSPS) is 24.9. The molecule has 2 fully saturated rings. The number of hydrogen-bond acceptors (Lipinski definition) is 16. The molecule has 1 N–H and O–H groups in total. The van der Waals surface area contributed by atoms with Crippen molar-refractivity contribution < 1.29 is 88.7 Å². The molecule has 2 aliphatic heterocycles. The fraction of sp³-hybridized carbons (Fsp3) is 0.964. The Balaban J connectivity index is -0.000000965. The van der Waals surface area contributed by atoms with Gasteiger partial charge in [-0.3, -0.25) is 0 Å². The number of aliphatic hydroxyl groups is 1. The molecule has 76 heavy (non-hydrogen) atoms. The molecule has 16 unspecified atom stereocenters. The van der Waals surface area contributed by atoms with Gasteiger partial charge in [0.05, 0.1) is 0 Å². The summed E-state index contributed by atoms with van der Waals surface area (Å²) in [6.45, 7) is 50.6. The van der Waals surface area contributed by atoms with Crippen molar-refractivity contribution >= 4 is 16.3 Å². The predicted octanol–water partition coefficient (Wildman–Crippen LogP) is 15.2. The summed E-state index contributed by atoms with van der Waals surface area (Å²) >= 11 is 3.87. The van der Waals surface area contributed by atoms with E-state index in [9.17, 15) is 4.57 Å². The molecule has 16 nitrogen and oxygen atoms in total. The molecule has 2 saturated heterocycles. The topological polar surface area (TPSA) is 196 Å². The number of nitrogens with zero attached hydrogens (tertiary/aromatic N) is 5. The number of phosphoric ester groups is 1. The van der Waals surface area contributed by atoms with Crippen molar-refractivity contribution in [3.05, 3.63) is 0 Å². The van der Waals surface area contributed by atoms with Gasteiger partial charge in [-0.2, -0.15) is 0 Å². The van der Waals surface area contributed by atoms with Gasteiger partial charge in [0, 0.05) is 7.11 Å². The zero-order valence-corrected chi connectivity index (χ0v) is 56.5. The van der Waals surface area contributed by atoms with Crippen LogP contribution in [0.15, 0.2) is 7.91 Å². The summed E-state index contributed by atoms with van der Waals surface area (Å²) in [5.74, 6) is 11.5. The maximum absolute atomic E-state index is 12.2. The van der Waals surface area contributed by atoms with Crippen molar-refractivity contribution in [2.75, 3.05) is 53.8 Å². The minimum atomic E-state index is -3.78. The molecule has 448 valence electrons. The zero-order chi connectivity index (χ0) is 61.2. The molecule has 0 aromatic rings. The first kappa shape index (κ1) is 76.0. The molecule has 0 aliphatic carbocycles. The molecule has 2 aliphatic rings. The van der Waals surface area contributed by atoms with Crippen LogP contribution >= 0.6 is 16.3 Å². The number of phosphoric acid groups is 1. The molecule has 0 bridgehead atoms. The third kappa shape index (κ3) is 32.0. The Morgan fingerprint density at radius 2 is 0.934 bits per heavy atom. The zero-order valence-electron chi connectivity index (χ0n) is 53.9. The van der Waals surface area contributed by atoms with Gasteiger partial charge in [-0.05, 0) is 82.9 Å². The number of rotatable bonds is 32. The number of ether oxygens (including phenoxy) is 2. The predicted molar refractivity (Wildman–Crippen MR) is 300 cm³/mol. The van der Waals surface area contributed by atoms with E-state index in [0.717, 1.165) is 90.0 Å². The third-order valence-corrected chi connectivity index (χ3v) is 20.3. The van der Waals surface area contributed by atoms with E-state index in [1.807, 2.05) is 40.5 Å². The summed E-state index contributed by atoms with van der Waals surface area (Å²) in [6.07, 6.45) is -0.862. The van der Waals surface area contributed by atoms with Gasteiger partial charge in [-0.25, -0.2) is 0 Å². The van der Waals surface area contributed by atoms with Crippen molar-refractivity contribution in [1.29, 1.82) is 10.5 Å². The van der Waals surface area contributed by atoms with Crippen LogP contribution in [0, 0.1) is 106 Å². The van der Waals surface area contributed by atoms with Crippen LogP contribution in [-0.2, 0) is 80.8 Å². The summed E-state index contributed by atoms with van der Waals surface area (Å²) < 4.78 is 74.6. The summed E-state index contributed by atoms with van der Waals surface area (Å²) in [7, 11) is -2.95. The van der Waals surface area contributed by atoms with Crippen LogP contribution < -0.4 is 0 Å². The number of aliphatic hydroxyl groups excluding tert-OH is 1. The van der Waals surface area contributed by atoms with Crippen LogP contribution in [0.5, 0.6) is 0 Å². The first-order valence-electron chi connectivity index (χ1n) is 29.1. The van der Waals surface area contributed by atoms with Gasteiger partial charge in [0.25, 0.3) is 0 Å². The Bertz CT molecular complexity index is 1590. The van der Waals surface area contributed by atoms with Gasteiger partial charge in [0.1, 0.15) is 0 Å². The second-order valence-electron chi connectivity index (χ2n) is 22.7. The minimum absolute atomic E-state index is 0.0662. The van der Waals surface area contributed by atoms with Crippen LogP contribution in [-0.4, -0.2) is 100 Å². The second kappa shape index (κ2) is 45.5. The van der Waals surface area contributed by atoms with E-state index in [0.29, 0.717) is 19.4 Å². The molecular formula is C56H113N5O11P2V2. The molecule has 0 aromatic carbocycles. The van der Waals surface area contributed by atoms with Gasteiger partial charge in [-0.15, -0.1) is 0 Å². The number of hydrogen-bond donors (Lipinski definition) is 1. The average Bonchev–Trinajstić information content (AvgIpc) is 3.93. The van der Waals surface area contributed by atoms with Crippen molar-refractivity contribution in [2.45, 2.75) is 215 Å². The van der Waals surface area contributed by atoms with Crippen LogP contribution in [0.2, 0.25) is 0 Å². The van der Waals surface area contributed by atoms with Crippen molar-refractivity contribution in [3.8, 4) is 12.1 Å². The van der Waals surface area contributed by atoms with Gasteiger partial charge in [-0.1, -0.05) is 125 Å². The summed E-state index contributed by atoms with van der Waals surface area (Å²) in [4.78, 5) is 9.89. The monoisotopic (exact) mass is 1200 g/mol. The SMILES string of the molecule is CC(C)C(C)C(C)C(C)C(C)C(C)C(C)C.CC(C)C(C)C(C)C(C)C(C)C(C)C(C)C.CO.[3H]C1CC(OP(=O)(OC)OCCC#N)C(CO[N]=[V])O1.[3H]C1CC(OP(OCCC#N)N(C(C)C)C(C)C)C(CO[N]=[V])O1. The summed E-state index contributed by atoms with van der Waals surface area (Å²) in [5.41, 5.74) is 0. The van der Waals surface area contributed by atoms with E-state index in [-0.39, 0.29) is 57.0 Å². The molecule has 0 radical (unpaired) electrons. The Kier molecular flexibility index (Phi) is 45.5. The molecule has 2 heterocycles. The van der Waals surface area contributed by atoms with Crippen LogP contribution in [0.4, 0.5) is 0 Å². The molecule has 0 spiro atoms. The van der Waals surface area contributed by atoms with Gasteiger partial charge in [0.2, 0.25) is 0 Å². The van der Waals surface area contributed by atoms with E-state index < -0.39 is 41.7 Å². The Labute approximate surface area is 488 Å². The van der Waals surface area contributed by atoms with E-state index in [1.54, 1.807) is 0 Å². The molecule has 20 heteroatoms. The molecular weight excluding hydrogens is 1080 g/mol. The van der Waals surface area contributed by atoms with E-state index >= 15 is 0 Å². The summed E-state index contributed by atoms with van der Waals surface area (Å²) in [6, 6.07) is 4.39. The Morgan fingerprint density at radius 1 is 0.605 bits per heavy atom. The van der Waals surface area contributed by atoms with Gasteiger partial charge in [0.15, 0.2) is 0 Å². The first-order chi connectivity index (χ1) is 36.3. The van der Waals surface area contributed by atoms with Crippen molar-refractivity contribution in [3.63, 3.8) is 0 Å². The van der Waals surface area contributed by atoms with Gasteiger partial charge < -0.3 is 5.11 Å². The van der Waals surface area contributed by atoms with Crippen LogP contribution in [0.25, 0.3) is 0 Å². The second-order valence-corrected chi connectivity index (χ2v) is 26.3. The maximum atomic E-state index is 12.2. The molecule has 2 rings (SSSR count). The first-order valence-corrected chi connectivity index (χ1v) is 31.8. The van der Waals surface area contributed by atoms with Crippen LogP contribution in [0.1, 0.15) is 181 Å². The molecule has 0 amide bonds. The third-order valence-electron chi connectivity index (χ3n) is 16.3. The average molecular weight is 1200 g/mol. The molecule has 0 aromatic heterocycles. The van der Waals surface area contributed by atoms with E-state index in [4.69, 9.17) is 60.1 Å². The van der Waals surface area contributed by atoms with E-state index in [2.05, 4.69) is 171 Å². The molecule has 0 saturated carbocycles. The quantitative estimate of drug-likeness (QED) is 0.0379. The Morgan fingerprint density at radius 3 is 1.25 bits per heavy atom. The van der Waals surface area contributed by atoms with E-state index in [1.165, 1.54) is 7.11 Å². The fourth-order valence-corrected chi connectivity index (χ4v) is 12.0. The van der Waals surface area contributed by atoms with Gasteiger partial charge >= 0.3 is 272 Å².